The van der Waals surface area contributed by atoms with E-state index < -0.39 is 0 Å². The van der Waals surface area contributed by atoms with Crippen molar-refractivity contribution in [3.05, 3.63) is 89.2 Å². The van der Waals surface area contributed by atoms with E-state index in [2.05, 4.69) is 18.8 Å². The molecule has 0 unspecified atom stereocenters. The maximum atomic E-state index is 14.4. The quantitative estimate of drug-likeness (QED) is 0.539. The van der Waals surface area contributed by atoms with Crippen LogP contribution in [0.15, 0.2) is 66.7 Å². The van der Waals surface area contributed by atoms with Crippen LogP contribution < -0.4 is 4.74 Å². The Hall–Kier alpha value is -3.05. The number of rotatable bonds is 4. The molecule has 0 radical (unpaired) electrons. The number of ether oxygens (including phenoxy) is 1. The van der Waals surface area contributed by atoms with Gasteiger partial charge in [0.1, 0.15) is 11.6 Å². The molecule has 0 aliphatic heterocycles. The minimum atomic E-state index is -0.173. The van der Waals surface area contributed by atoms with Crippen molar-refractivity contribution in [3.8, 4) is 28.7 Å². The van der Waals surface area contributed by atoms with Crippen LogP contribution in [-0.4, -0.2) is 7.11 Å². The molecule has 26 heavy (non-hydrogen) atoms. The normalized spacial score (nSPS) is 10.1. The summed E-state index contributed by atoms with van der Waals surface area (Å²) >= 11 is 0. The van der Waals surface area contributed by atoms with Gasteiger partial charge in [-0.05, 0) is 60.0 Å². The SMILES string of the molecule is CCCc1ccc(-c2ccc(C#Cc3ccc(OC)cc3)cc2)c(F)c1. The fourth-order valence-corrected chi connectivity index (χ4v) is 2.79. The lowest BCUT2D eigenvalue weighted by molar-refractivity contribution is 0.415. The third-order valence-corrected chi connectivity index (χ3v) is 4.21. The smallest absolute Gasteiger partial charge is 0.131 e. The maximum Gasteiger partial charge on any atom is 0.131 e. The molecule has 0 bridgehead atoms. The molecule has 0 N–H and O–H groups in total. The summed E-state index contributed by atoms with van der Waals surface area (Å²) in [4.78, 5) is 0. The molecule has 130 valence electrons. The molecule has 3 aromatic rings. The second-order valence-corrected chi connectivity index (χ2v) is 6.12. The highest BCUT2D eigenvalue weighted by Crippen LogP contribution is 2.24. The monoisotopic (exact) mass is 344 g/mol. The fourth-order valence-electron chi connectivity index (χ4n) is 2.79. The van der Waals surface area contributed by atoms with E-state index in [4.69, 9.17) is 4.74 Å². The zero-order valence-corrected chi connectivity index (χ0v) is 15.1. The van der Waals surface area contributed by atoms with E-state index in [0.29, 0.717) is 5.56 Å². The van der Waals surface area contributed by atoms with Crippen molar-refractivity contribution in [1.82, 2.24) is 0 Å². The summed E-state index contributed by atoms with van der Waals surface area (Å²) in [5.41, 5.74) is 4.34. The van der Waals surface area contributed by atoms with Gasteiger partial charge in [-0.3, -0.25) is 0 Å². The Balaban J connectivity index is 1.77. The number of aryl methyl sites for hydroxylation is 1. The summed E-state index contributed by atoms with van der Waals surface area (Å²) in [5.74, 6) is 6.90. The highest BCUT2D eigenvalue weighted by Gasteiger charge is 2.06. The van der Waals surface area contributed by atoms with Gasteiger partial charge in [-0.1, -0.05) is 49.5 Å². The Morgan fingerprint density at radius 2 is 1.46 bits per heavy atom. The van der Waals surface area contributed by atoms with Gasteiger partial charge in [0, 0.05) is 16.7 Å². The summed E-state index contributed by atoms with van der Waals surface area (Å²) in [6, 6.07) is 20.8. The molecule has 0 spiro atoms. The van der Waals surface area contributed by atoms with Gasteiger partial charge in [-0.2, -0.15) is 0 Å². The second kappa shape index (κ2) is 8.36. The topological polar surface area (TPSA) is 9.23 Å². The standard InChI is InChI=1S/C24H21FO/c1-3-4-20-11-16-23(24(25)17-20)21-12-7-18(8-13-21)5-6-19-9-14-22(26-2)15-10-19/h7-17H,3-4H2,1-2H3. The number of benzene rings is 3. The Kier molecular flexibility index (Phi) is 5.71. The van der Waals surface area contributed by atoms with Crippen LogP contribution in [0.1, 0.15) is 30.0 Å². The van der Waals surface area contributed by atoms with Crippen molar-refractivity contribution < 1.29 is 9.13 Å². The van der Waals surface area contributed by atoms with Crippen LogP contribution in [0.3, 0.4) is 0 Å². The van der Waals surface area contributed by atoms with Crippen LogP contribution in [0.5, 0.6) is 5.75 Å². The number of hydrogen-bond acceptors (Lipinski definition) is 1. The molecule has 3 aromatic carbocycles. The molecule has 3 rings (SSSR count). The van der Waals surface area contributed by atoms with Crippen LogP contribution in [0.25, 0.3) is 11.1 Å². The van der Waals surface area contributed by atoms with Crippen molar-refractivity contribution in [2.75, 3.05) is 7.11 Å². The zero-order chi connectivity index (χ0) is 18.4. The van der Waals surface area contributed by atoms with Gasteiger partial charge in [-0.25, -0.2) is 4.39 Å². The lowest BCUT2D eigenvalue weighted by Crippen LogP contribution is -1.89. The lowest BCUT2D eigenvalue weighted by Gasteiger charge is -2.06. The van der Waals surface area contributed by atoms with Crippen LogP contribution in [-0.2, 0) is 6.42 Å². The summed E-state index contributed by atoms with van der Waals surface area (Å²) < 4.78 is 19.5. The Morgan fingerprint density at radius 3 is 2.00 bits per heavy atom. The molecule has 0 aliphatic carbocycles. The van der Waals surface area contributed by atoms with Gasteiger partial charge in [0.25, 0.3) is 0 Å². The largest absolute Gasteiger partial charge is 0.497 e. The molecule has 0 fully saturated rings. The fraction of sp³-hybridized carbons (Fsp3) is 0.167. The van der Waals surface area contributed by atoms with E-state index in [1.54, 1.807) is 13.2 Å². The van der Waals surface area contributed by atoms with Gasteiger partial charge in [0.2, 0.25) is 0 Å². The van der Waals surface area contributed by atoms with Gasteiger partial charge < -0.3 is 4.74 Å². The summed E-state index contributed by atoms with van der Waals surface area (Å²) in [7, 11) is 1.64. The molecule has 0 aromatic heterocycles. The van der Waals surface area contributed by atoms with Crippen molar-refractivity contribution in [3.63, 3.8) is 0 Å². The summed E-state index contributed by atoms with van der Waals surface area (Å²) in [6.07, 6.45) is 1.91. The highest BCUT2D eigenvalue weighted by atomic mass is 19.1. The molecule has 0 atom stereocenters. The first-order chi connectivity index (χ1) is 12.7. The third-order valence-electron chi connectivity index (χ3n) is 4.21. The molecular weight excluding hydrogens is 323 g/mol. The number of halogens is 1. The van der Waals surface area contributed by atoms with E-state index in [1.807, 2.05) is 60.7 Å². The Labute approximate surface area is 154 Å². The zero-order valence-electron chi connectivity index (χ0n) is 15.1. The van der Waals surface area contributed by atoms with E-state index in [1.165, 1.54) is 0 Å². The van der Waals surface area contributed by atoms with E-state index in [0.717, 1.165) is 40.8 Å². The van der Waals surface area contributed by atoms with E-state index >= 15 is 0 Å². The number of methoxy groups -OCH3 is 1. The molecule has 0 aliphatic rings. The predicted octanol–water partition coefficient (Wildman–Crippen LogP) is 5.85. The average molecular weight is 344 g/mol. The molecule has 0 saturated carbocycles. The minimum absolute atomic E-state index is 0.173. The maximum absolute atomic E-state index is 14.4. The first-order valence-corrected chi connectivity index (χ1v) is 8.74. The second-order valence-electron chi connectivity index (χ2n) is 6.12. The van der Waals surface area contributed by atoms with Crippen LogP contribution in [0, 0.1) is 17.7 Å². The third kappa shape index (κ3) is 4.32. The van der Waals surface area contributed by atoms with Crippen molar-refractivity contribution >= 4 is 0 Å². The van der Waals surface area contributed by atoms with E-state index in [9.17, 15) is 4.39 Å². The van der Waals surface area contributed by atoms with E-state index in [-0.39, 0.29) is 5.82 Å². The average Bonchev–Trinajstić information content (AvgIpc) is 2.68. The van der Waals surface area contributed by atoms with Gasteiger partial charge >= 0.3 is 0 Å². The molecule has 0 heterocycles. The molecule has 1 nitrogen and oxygen atoms in total. The summed E-state index contributed by atoms with van der Waals surface area (Å²) in [6.45, 7) is 2.09. The summed E-state index contributed by atoms with van der Waals surface area (Å²) in [5, 5.41) is 0. The predicted molar refractivity (Wildman–Crippen MR) is 105 cm³/mol. The van der Waals surface area contributed by atoms with Crippen molar-refractivity contribution in [2.45, 2.75) is 19.8 Å². The van der Waals surface area contributed by atoms with Crippen LogP contribution >= 0.6 is 0 Å². The molecular formula is C24H21FO. The Bertz CT molecular complexity index is 929. The lowest BCUT2D eigenvalue weighted by atomic mass is 10.0. The first-order valence-electron chi connectivity index (χ1n) is 8.74. The molecule has 2 heteroatoms. The first kappa shape index (κ1) is 17.8. The molecule has 0 amide bonds. The molecule has 0 saturated heterocycles. The minimum Gasteiger partial charge on any atom is -0.497 e. The van der Waals surface area contributed by atoms with Gasteiger partial charge in [-0.15, -0.1) is 0 Å². The van der Waals surface area contributed by atoms with Crippen molar-refractivity contribution in [1.29, 1.82) is 0 Å². The van der Waals surface area contributed by atoms with Gasteiger partial charge in [0.15, 0.2) is 0 Å². The van der Waals surface area contributed by atoms with Gasteiger partial charge in [0.05, 0.1) is 7.11 Å². The van der Waals surface area contributed by atoms with Crippen molar-refractivity contribution in [2.24, 2.45) is 0 Å². The van der Waals surface area contributed by atoms with Crippen LogP contribution in [0.2, 0.25) is 0 Å². The highest BCUT2D eigenvalue weighted by molar-refractivity contribution is 5.65. The number of hydrogen-bond donors (Lipinski definition) is 0. The van der Waals surface area contributed by atoms with Crippen LogP contribution in [0.4, 0.5) is 4.39 Å². The Morgan fingerprint density at radius 1 is 0.846 bits per heavy atom.